The normalized spacial score (nSPS) is 25.2. The number of likely N-dealkylation sites (tertiary alicyclic amines) is 1. The van der Waals surface area contributed by atoms with E-state index >= 15 is 0 Å². The van der Waals surface area contributed by atoms with Crippen LogP contribution in [0.2, 0.25) is 10.0 Å². The Labute approximate surface area is 204 Å². The summed E-state index contributed by atoms with van der Waals surface area (Å²) >= 11 is 12.2. The maximum absolute atomic E-state index is 13.0. The number of halogens is 2. The predicted molar refractivity (Wildman–Crippen MR) is 130 cm³/mol. The number of hydrogen-bond donors (Lipinski definition) is 2. The number of amides is 1. The highest BCUT2D eigenvalue weighted by Gasteiger charge is 2.49. The Kier molecular flexibility index (Phi) is 7.39. The Morgan fingerprint density at radius 3 is 2.70 bits per heavy atom. The Morgan fingerprint density at radius 2 is 1.97 bits per heavy atom. The zero-order valence-corrected chi connectivity index (χ0v) is 20.5. The van der Waals surface area contributed by atoms with Gasteiger partial charge in [-0.25, -0.2) is 0 Å². The fourth-order valence-corrected chi connectivity index (χ4v) is 5.82. The van der Waals surface area contributed by atoms with Crippen molar-refractivity contribution >= 4 is 34.8 Å². The van der Waals surface area contributed by atoms with Crippen molar-refractivity contribution in [3.05, 3.63) is 52.0 Å². The van der Waals surface area contributed by atoms with E-state index in [2.05, 4.69) is 10.2 Å². The summed E-state index contributed by atoms with van der Waals surface area (Å²) in [5, 5.41) is 15.3. The van der Waals surface area contributed by atoms with Gasteiger partial charge in [-0.05, 0) is 43.5 Å². The van der Waals surface area contributed by atoms with Crippen molar-refractivity contribution in [3.8, 4) is 11.5 Å². The van der Waals surface area contributed by atoms with Crippen LogP contribution in [0, 0.1) is 5.92 Å². The fourth-order valence-electron chi connectivity index (χ4n) is 5.36. The summed E-state index contributed by atoms with van der Waals surface area (Å²) in [6, 6.07) is 10.6. The van der Waals surface area contributed by atoms with Gasteiger partial charge in [0, 0.05) is 35.2 Å². The van der Waals surface area contributed by atoms with Crippen molar-refractivity contribution in [2.24, 2.45) is 5.92 Å². The van der Waals surface area contributed by atoms with Gasteiger partial charge in [0.2, 0.25) is 5.91 Å². The van der Waals surface area contributed by atoms with Crippen molar-refractivity contribution in [2.45, 2.75) is 43.7 Å². The van der Waals surface area contributed by atoms with Crippen LogP contribution < -0.4 is 14.8 Å². The summed E-state index contributed by atoms with van der Waals surface area (Å²) in [7, 11) is 3.25. The number of carbonyl (C=O) groups excluding carboxylic acids is 1. The molecule has 3 atom stereocenters. The molecule has 2 fully saturated rings. The molecule has 178 valence electrons. The molecule has 4 rings (SSSR count). The number of carbonyl (C=O) groups is 1. The van der Waals surface area contributed by atoms with Gasteiger partial charge in [-0.3, -0.25) is 9.69 Å². The fraction of sp³-hybridized carbons (Fsp3) is 0.480. The lowest BCUT2D eigenvalue weighted by molar-refractivity contribution is -0.135. The quantitative estimate of drug-likeness (QED) is 0.570. The number of rotatable bonds is 6. The van der Waals surface area contributed by atoms with E-state index in [0.29, 0.717) is 40.2 Å². The van der Waals surface area contributed by atoms with Crippen molar-refractivity contribution in [1.82, 2.24) is 4.90 Å². The molecule has 2 N–H and O–H groups in total. The third kappa shape index (κ3) is 5.09. The lowest BCUT2D eigenvalue weighted by Gasteiger charge is -2.52. The van der Waals surface area contributed by atoms with E-state index in [9.17, 15) is 9.90 Å². The largest absolute Gasteiger partial charge is 0.497 e. The lowest BCUT2D eigenvalue weighted by Crippen LogP contribution is -2.56. The van der Waals surface area contributed by atoms with Crippen LogP contribution in [0.5, 0.6) is 11.5 Å². The molecule has 2 aliphatic rings. The summed E-state index contributed by atoms with van der Waals surface area (Å²) in [4.78, 5) is 15.2. The summed E-state index contributed by atoms with van der Waals surface area (Å²) in [6.45, 7) is 0.778. The van der Waals surface area contributed by atoms with Gasteiger partial charge in [0.15, 0.2) is 0 Å². The van der Waals surface area contributed by atoms with E-state index < -0.39 is 5.60 Å². The third-order valence-corrected chi connectivity index (χ3v) is 7.53. The third-order valence-electron chi connectivity index (χ3n) is 6.98. The second kappa shape index (κ2) is 10.1. The molecule has 1 amide bonds. The Balaban J connectivity index is 1.64. The second-order valence-corrected chi connectivity index (χ2v) is 9.75. The van der Waals surface area contributed by atoms with Gasteiger partial charge in [-0.2, -0.15) is 0 Å². The van der Waals surface area contributed by atoms with Crippen molar-refractivity contribution in [2.75, 3.05) is 32.6 Å². The first kappa shape index (κ1) is 24.1. The Morgan fingerprint density at radius 1 is 1.15 bits per heavy atom. The summed E-state index contributed by atoms with van der Waals surface area (Å²) in [6.07, 6.45) is 4.41. The van der Waals surface area contributed by atoms with Crippen molar-refractivity contribution in [1.29, 1.82) is 0 Å². The van der Waals surface area contributed by atoms with Crippen LogP contribution in [0.1, 0.15) is 43.7 Å². The number of benzene rings is 2. The smallest absolute Gasteiger partial charge is 0.238 e. The monoisotopic (exact) mass is 492 g/mol. The molecular weight excluding hydrogens is 463 g/mol. The number of piperidine rings is 1. The van der Waals surface area contributed by atoms with Gasteiger partial charge in [0.25, 0.3) is 0 Å². The van der Waals surface area contributed by atoms with Crippen LogP contribution in [0.4, 0.5) is 5.69 Å². The summed E-state index contributed by atoms with van der Waals surface area (Å²) in [5.74, 6) is 1.24. The molecule has 1 aliphatic carbocycles. The van der Waals surface area contributed by atoms with Crippen LogP contribution in [0.15, 0.2) is 36.4 Å². The maximum atomic E-state index is 13.0. The predicted octanol–water partition coefficient (Wildman–Crippen LogP) is 5.32. The molecule has 0 unspecified atom stereocenters. The molecule has 1 saturated heterocycles. The highest BCUT2D eigenvalue weighted by molar-refractivity contribution is 6.36. The average molecular weight is 493 g/mol. The standard InChI is InChI=1S/C25H30Cl2N2O4/c1-32-17-7-8-18(22(14-17)33-2)24-19-5-3-4-10-25(19,31)11-12-29(24)15-23(30)28-21-9-6-16(26)13-20(21)27/h6-9,13-14,19,24,31H,3-5,10-12,15H2,1-2H3,(H,28,30)/t19-,24-,25-/m1/s1. The second-order valence-electron chi connectivity index (χ2n) is 8.90. The molecule has 1 heterocycles. The van der Waals surface area contributed by atoms with Gasteiger partial charge in [-0.1, -0.05) is 42.1 Å². The number of methoxy groups -OCH3 is 2. The average Bonchev–Trinajstić information content (AvgIpc) is 2.80. The zero-order valence-electron chi connectivity index (χ0n) is 18.9. The molecule has 2 aromatic carbocycles. The molecular formula is C25H30Cl2N2O4. The first-order chi connectivity index (χ1) is 15.8. The lowest BCUT2D eigenvalue weighted by atomic mass is 9.66. The Bertz CT molecular complexity index is 1020. The van der Waals surface area contributed by atoms with E-state index in [1.165, 1.54) is 0 Å². The molecule has 0 spiro atoms. The van der Waals surface area contributed by atoms with E-state index in [1.807, 2.05) is 18.2 Å². The van der Waals surface area contributed by atoms with Crippen LogP contribution in [-0.2, 0) is 4.79 Å². The van der Waals surface area contributed by atoms with E-state index in [1.54, 1.807) is 32.4 Å². The molecule has 2 aromatic rings. The topological polar surface area (TPSA) is 71.0 Å². The molecule has 0 aromatic heterocycles. The van der Waals surface area contributed by atoms with Crippen molar-refractivity contribution in [3.63, 3.8) is 0 Å². The van der Waals surface area contributed by atoms with Crippen LogP contribution in [0.3, 0.4) is 0 Å². The Hall–Kier alpha value is -1.99. The molecule has 33 heavy (non-hydrogen) atoms. The first-order valence-electron chi connectivity index (χ1n) is 11.3. The highest BCUT2D eigenvalue weighted by atomic mass is 35.5. The van der Waals surface area contributed by atoms with E-state index in [4.69, 9.17) is 32.7 Å². The number of anilines is 1. The minimum Gasteiger partial charge on any atom is -0.497 e. The number of aliphatic hydroxyl groups is 1. The van der Waals surface area contributed by atoms with Gasteiger partial charge in [0.05, 0.1) is 37.1 Å². The SMILES string of the molecule is COc1ccc([C@@H]2[C@H]3CCCC[C@@]3(O)CCN2CC(=O)Nc2ccc(Cl)cc2Cl)c(OC)c1. The zero-order chi connectivity index (χ0) is 23.6. The van der Waals surface area contributed by atoms with Gasteiger partial charge in [0.1, 0.15) is 11.5 Å². The van der Waals surface area contributed by atoms with Crippen LogP contribution in [0.25, 0.3) is 0 Å². The van der Waals surface area contributed by atoms with Crippen LogP contribution >= 0.6 is 23.2 Å². The molecule has 0 bridgehead atoms. The molecule has 6 nitrogen and oxygen atoms in total. The number of fused-ring (bicyclic) bond motifs is 1. The van der Waals surface area contributed by atoms with E-state index in [0.717, 1.165) is 31.2 Å². The highest BCUT2D eigenvalue weighted by Crippen LogP contribution is 2.51. The first-order valence-corrected chi connectivity index (χ1v) is 12.0. The number of nitrogens with zero attached hydrogens (tertiary/aromatic N) is 1. The summed E-state index contributed by atoms with van der Waals surface area (Å²) < 4.78 is 11.1. The summed E-state index contributed by atoms with van der Waals surface area (Å²) in [5.41, 5.74) is 0.747. The molecule has 8 heteroatoms. The molecule has 1 aliphatic heterocycles. The number of hydrogen-bond acceptors (Lipinski definition) is 5. The van der Waals surface area contributed by atoms with Gasteiger partial charge >= 0.3 is 0 Å². The maximum Gasteiger partial charge on any atom is 0.238 e. The number of nitrogens with one attached hydrogen (secondary N) is 1. The van der Waals surface area contributed by atoms with Gasteiger partial charge in [-0.15, -0.1) is 0 Å². The van der Waals surface area contributed by atoms with Gasteiger partial charge < -0.3 is 19.9 Å². The van der Waals surface area contributed by atoms with Crippen molar-refractivity contribution < 1.29 is 19.4 Å². The molecule has 1 saturated carbocycles. The minimum absolute atomic E-state index is 0.00853. The minimum atomic E-state index is -0.736. The molecule has 0 radical (unpaired) electrons. The van der Waals surface area contributed by atoms with E-state index in [-0.39, 0.29) is 24.4 Å². The number of ether oxygens (including phenoxy) is 2. The van der Waals surface area contributed by atoms with Crippen LogP contribution in [-0.4, -0.2) is 48.8 Å².